The molecule has 9 heavy (non-hydrogen) atoms. The summed E-state index contributed by atoms with van der Waals surface area (Å²) >= 11 is 9.46. The standard InChI is InChI=1S/C3H2ClN3.ClH2N/c4-3-1-2-5-7-6-3;1-2/h1-2H;2H2. The number of nitrogens with two attached hydrogens (primary N) is 1. The summed E-state index contributed by atoms with van der Waals surface area (Å²) in [5.41, 5.74) is 0. The van der Waals surface area contributed by atoms with Crippen LogP contribution in [0, 0.1) is 0 Å². The molecule has 1 rings (SSSR count). The summed E-state index contributed by atoms with van der Waals surface area (Å²) in [5.74, 6) is 0. The fourth-order valence-corrected chi connectivity index (χ4v) is 0.317. The third-order valence-electron chi connectivity index (χ3n) is 0.471. The first kappa shape index (κ1) is 8.55. The molecule has 6 heteroatoms. The Morgan fingerprint density at radius 3 is 2.33 bits per heavy atom. The molecule has 1 aromatic heterocycles. The molecule has 0 aliphatic heterocycles. The van der Waals surface area contributed by atoms with Crippen molar-refractivity contribution in [3.8, 4) is 0 Å². The van der Waals surface area contributed by atoms with Gasteiger partial charge in [-0.05, 0) is 23.1 Å². The van der Waals surface area contributed by atoms with Crippen LogP contribution in [-0.4, -0.2) is 15.4 Å². The molecule has 0 radical (unpaired) electrons. The van der Waals surface area contributed by atoms with Crippen molar-refractivity contribution in [1.29, 1.82) is 0 Å². The van der Waals surface area contributed by atoms with Crippen molar-refractivity contribution in [2.75, 3.05) is 0 Å². The molecule has 0 aliphatic rings. The minimum atomic E-state index is 0.370. The van der Waals surface area contributed by atoms with Gasteiger partial charge in [-0.1, -0.05) is 11.6 Å². The third kappa shape index (κ3) is 4.08. The van der Waals surface area contributed by atoms with Gasteiger partial charge in [0.05, 0.1) is 6.20 Å². The van der Waals surface area contributed by atoms with Gasteiger partial charge in [0.15, 0.2) is 5.15 Å². The Bertz CT molecular complexity index is 144. The van der Waals surface area contributed by atoms with Gasteiger partial charge in [0, 0.05) is 0 Å². The molecule has 0 bridgehead atoms. The van der Waals surface area contributed by atoms with E-state index in [9.17, 15) is 0 Å². The fraction of sp³-hybridized carbons (Fsp3) is 0. The van der Waals surface area contributed by atoms with Crippen molar-refractivity contribution >= 4 is 23.4 Å². The number of hydrogen-bond acceptors (Lipinski definition) is 4. The zero-order valence-electron chi connectivity index (χ0n) is 4.33. The van der Waals surface area contributed by atoms with Crippen LogP contribution in [0.3, 0.4) is 0 Å². The fourth-order valence-electron chi connectivity index (χ4n) is 0.227. The highest BCUT2D eigenvalue weighted by Gasteiger charge is 1.79. The molecule has 0 saturated carbocycles. The quantitative estimate of drug-likeness (QED) is 0.575. The molecule has 0 atom stereocenters. The van der Waals surface area contributed by atoms with E-state index in [0.29, 0.717) is 5.15 Å². The van der Waals surface area contributed by atoms with Crippen LogP contribution in [0.5, 0.6) is 0 Å². The van der Waals surface area contributed by atoms with Gasteiger partial charge in [0.25, 0.3) is 0 Å². The Balaban J connectivity index is 0.000000291. The van der Waals surface area contributed by atoms with Crippen LogP contribution in [0.2, 0.25) is 5.15 Å². The molecule has 2 N–H and O–H groups in total. The number of aromatic nitrogens is 3. The zero-order valence-corrected chi connectivity index (χ0v) is 5.84. The molecule has 0 aliphatic carbocycles. The largest absolute Gasteiger partial charge is 0.247 e. The third-order valence-corrected chi connectivity index (χ3v) is 0.672. The Morgan fingerprint density at radius 2 is 2.11 bits per heavy atom. The van der Waals surface area contributed by atoms with Gasteiger partial charge < -0.3 is 0 Å². The average Bonchev–Trinajstić information content (AvgIpc) is 1.94. The number of halogens is 2. The lowest BCUT2D eigenvalue weighted by molar-refractivity contribution is 0.865. The number of rotatable bonds is 0. The van der Waals surface area contributed by atoms with E-state index in [1.54, 1.807) is 6.07 Å². The Morgan fingerprint density at radius 1 is 1.44 bits per heavy atom. The van der Waals surface area contributed by atoms with Gasteiger partial charge in [-0.25, -0.2) is 5.25 Å². The van der Waals surface area contributed by atoms with Gasteiger partial charge in [0.2, 0.25) is 0 Å². The highest BCUT2D eigenvalue weighted by atomic mass is 35.5. The Hall–Kier alpha value is -0.450. The smallest absolute Gasteiger partial charge is 0.155 e. The topological polar surface area (TPSA) is 64.7 Å². The van der Waals surface area contributed by atoms with E-state index < -0.39 is 0 Å². The van der Waals surface area contributed by atoms with Gasteiger partial charge in [0.1, 0.15) is 0 Å². The van der Waals surface area contributed by atoms with E-state index in [2.05, 4.69) is 32.4 Å². The molecule has 0 saturated heterocycles. The minimum absolute atomic E-state index is 0.370. The minimum Gasteiger partial charge on any atom is -0.247 e. The summed E-state index contributed by atoms with van der Waals surface area (Å²) in [6.07, 6.45) is 1.48. The molecule has 0 unspecified atom stereocenters. The zero-order chi connectivity index (χ0) is 7.11. The van der Waals surface area contributed by atoms with Crippen molar-refractivity contribution < 1.29 is 0 Å². The van der Waals surface area contributed by atoms with Gasteiger partial charge in [-0.3, -0.25) is 0 Å². The van der Waals surface area contributed by atoms with Gasteiger partial charge in [-0.15, -0.1) is 10.2 Å². The lowest BCUT2D eigenvalue weighted by atomic mass is 10.7. The van der Waals surface area contributed by atoms with Crippen LogP contribution in [0.4, 0.5) is 0 Å². The van der Waals surface area contributed by atoms with Crippen LogP contribution in [0.25, 0.3) is 0 Å². The number of hydrogen-bond donors (Lipinski definition) is 1. The van der Waals surface area contributed by atoms with E-state index in [1.165, 1.54) is 6.20 Å². The van der Waals surface area contributed by atoms with Crippen LogP contribution in [-0.2, 0) is 0 Å². The van der Waals surface area contributed by atoms with Gasteiger partial charge in [-0.2, -0.15) is 0 Å². The maximum Gasteiger partial charge on any atom is 0.155 e. The van der Waals surface area contributed by atoms with Crippen molar-refractivity contribution in [2.24, 2.45) is 5.25 Å². The summed E-state index contributed by atoms with van der Waals surface area (Å²) in [6.45, 7) is 0. The van der Waals surface area contributed by atoms with Crippen molar-refractivity contribution in [2.45, 2.75) is 0 Å². The molecule has 0 fully saturated rings. The highest BCUT2D eigenvalue weighted by Crippen LogP contribution is 1.94. The summed E-state index contributed by atoms with van der Waals surface area (Å²) < 4.78 is 0. The maximum absolute atomic E-state index is 5.33. The first-order valence-electron chi connectivity index (χ1n) is 1.91. The summed E-state index contributed by atoms with van der Waals surface area (Å²) in [5, 5.41) is 14.4. The lowest BCUT2D eigenvalue weighted by Crippen LogP contribution is -1.81. The second-order valence-electron chi connectivity index (χ2n) is 0.943. The number of nitrogens with zero attached hydrogens (tertiary/aromatic N) is 3. The molecule has 0 amide bonds. The molecule has 4 nitrogen and oxygen atoms in total. The van der Waals surface area contributed by atoms with E-state index in [0.717, 1.165) is 0 Å². The molecule has 50 valence electrons. The normalized spacial score (nSPS) is 7.44. The van der Waals surface area contributed by atoms with E-state index >= 15 is 0 Å². The van der Waals surface area contributed by atoms with Crippen molar-refractivity contribution in [3.05, 3.63) is 17.4 Å². The summed E-state index contributed by atoms with van der Waals surface area (Å²) in [7, 11) is 0. The maximum atomic E-state index is 5.33. The second-order valence-corrected chi connectivity index (χ2v) is 1.33. The molecule has 0 spiro atoms. The van der Waals surface area contributed by atoms with Crippen LogP contribution >= 0.6 is 23.4 Å². The molecule has 1 aromatic rings. The first-order valence-corrected chi connectivity index (χ1v) is 2.73. The SMILES string of the molecule is Clc1ccnnn1.NCl. The summed E-state index contributed by atoms with van der Waals surface area (Å²) in [6, 6.07) is 1.56. The highest BCUT2D eigenvalue weighted by molar-refractivity contribution is 6.29. The molecular weight excluding hydrogens is 163 g/mol. The molecule has 0 aromatic carbocycles. The Labute approximate surface area is 62.1 Å². The lowest BCUT2D eigenvalue weighted by Gasteiger charge is -1.76. The predicted molar refractivity (Wildman–Crippen MR) is 34.9 cm³/mol. The van der Waals surface area contributed by atoms with E-state index in [1.807, 2.05) is 0 Å². The van der Waals surface area contributed by atoms with E-state index in [4.69, 9.17) is 11.6 Å². The second kappa shape index (κ2) is 5.68. The monoisotopic (exact) mass is 166 g/mol. The molecule has 1 heterocycles. The molecular formula is C3H4Cl2N4. The van der Waals surface area contributed by atoms with Crippen LogP contribution < -0.4 is 5.25 Å². The van der Waals surface area contributed by atoms with Crippen molar-refractivity contribution in [1.82, 2.24) is 15.4 Å². The van der Waals surface area contributed by atoms with Crippen LogP contribution in [0.15, 0.2) is 12.3 Å². The Kier molecular flexibility index (Phi) is 5.40. The van der Waals surface area contributed by atoms with Crippen LogP contribution in [0.1, 0.15) is 0 Å². The van der Waals surface area contributed by atoms with E-state index in [-0.39, 0.29) is 0 Å². The van der Waals surface area contributed by atoms with Crippen molar-refractivity contribution in [3.63, 3.8) is 0 Å². The first-order chi connectivity index (χ1) is 4.39. The average molecular weight is 167 g/mol. The summed E-state index contributed by atoms with van der Waals surface area (Å²) in [4.78, 5) is 0. The van der Waals surface area contributed by atoms with Gasteiger partial charge >= 0.3 is 0 Å². The predicted octanol–water partition coefficient (Wildman–Crippen LogP) is 0.624.